The van der Waals surface area contributed by atoms with Crippen molar-refractivity contribution < 1.29 is 24.2 Å². The minimum Gasteiger partial charge on any atom is -0.422 e. The number of hydrogen-bond acceptors (Lipinski definition) is 6. The molecule has 0 spiro atoms. The lowest BCUT2D eigenvalue weighted by molar-refractivity contribution is -0.137. The Morgan fingerprint density at radius 1 is 1.10 bits per heavy atom. The van der Waals surface area contributed by atoms with E-state index >= 15 is 0 Å². The molecule has 6 nitrogen and oxygen atoms in total. The molecule has 0 bridgehead atoms. The number of halogens is 1. The van der Waals surface area contributed by atoms with E-state index in [4.69, 9.17) is 9.47 Å². The zero-order valence-electron chi connectivity index (χ0n) is 17.7. The van der Waals surface area contributed by atoms with Gasteiger partial charge in [0.05, 0.1) is 11.5 Å². The number of hydrogen-bond donors (Lipinski definition) is 1. The first kappa shape index (κ1) is 23.8. The van der Waals surface area contributed by atoms with Crippen LogP contribution in [0.4, 0.5) is 0 Å². The van der Waals surface area contributed by atoms with Gasteiger partial charge in [-0.1, -0.05) is 61.3 Å². The van der Waals surface area contributed by atoms with Crippen LogP contribution in [0, 0.1) is 18.8 Å². The number of esters is 2. The molecule has 30 heavy (non-hydrogen) atoms. The summed E-state index contributed by atoms with van der Waals surface area (Å²) in [5.41, 5.74) is 1.69. The molecule has 1 N–H and O–H groups in total. The highest BCUT2D eigenvalue weighted by atomic mass is 79.9. The number of carbonyl (C=O) groups is 2. The number of aliphatic hydroxyl groups is 1. The predicted molar refractivity (Wildman–Crippen MR) is 119 cm³/mol. The summed E-state index contributed by atoms with van der Waals surface area (Å²) in [4.78, 5) is 29.1. The van der Waals surface area contributed by atoms with Gasteiger partial charge in [-0.05, 0) is 37.1 Å². The number of benzene rings is 2. The average molecular weight is 476 g/mol. The van der Waals surface area contributed by atoms with Gasteiger partial charge in [-0.2, -0.15) is 0 Å². The second kappa shape index (κ2) is 10.5. The number of nitrogens with zero attached hydrogens (tertiary/aromatic N) is 1. The third-order valence-electron chi connectivity index (χ3n) is 4.14. The van der Waals surface area contributed by atoms with E-state index in [1.807, 2.05) is 26.8 Å². The summed E-state index contributed by atoms with van der Waals surface area (Å²) in [7, 11) is 0. The second-order valence-electron chi connectivity index (χ2n) is 7.59. The monoisotopic (exact) mass is 475 g/mol. The topological polar surface area (TPSA) is 85.2 Å². The van der Waals surface area contributed by atoms with Crippen molar-refractivity contribution >= 4 is 34.1 Å². The molecule has 0 saturated heterocycles. The molecule has 2 rings (SSSR count). The Morgan fingerprint density at radius 2 is 1.80 bits per heavy atom. The van der Waals surface area contributed by atoms with E-state index in [9.17, 15) is 14.7 Å². The Balaban J connectivity index is 2.48. The largest absolute Gasteiger partial charge is 0.422 e. The Hall–Kier alpha value is -2.51. The highest BCUT2D eigenvalue weighted by molar-refractivity contribution is 9.10. The van der Waals surface area contributed by atoms with Crippen molar-refractivity contribution in [1.82, 2.24) is 0 Å². The average Bonchev–Trinajstić information content (AvgIpc) is 2.67. The Kier molecular flexibility index (Phi) is 8.32. The van der Waals surface area contributed by atoms with Crippen LogP contribution in [0.2, 0.25) is 0 Å². The molecule has 0 aliphatic rings. The molecular weight excluding hydrogens is 450 g/mol. The van der Waals surface area contributed by atoms with Gasteiger partial charge in [-0.3, -0.25) is 9.79 Å². The molecular formula is C23H26BrNO5. The van der Waals surface area contributed by atoms with E-state index in [1.165, 1.54) is 6.21 Å². The van der Waals surface area contributed by atoms with Gasteiger partial charge in [0.2, 0.25) is 0 Å². The first-order chi connectivity index (χ1) is 14.1. The minimum atomic E-state index is -0.920. The van der Waals surface area contributed by atoms with Gasteiger partial charge in [-0.25, -0.2) is 4.79 Å². The van der Waals surface area contributed by atoms with Crippen LogP contribution in [0.25, 0.3) is 0 Å². The molecule has 7 heteroatoms. The standard InChI is InChI=1S/C23H26BrNO5/c1-13(2)21(26)25-12-17-10-18(24)11-19(20(17)30-22(27)14(3)4)29-23(28)16-8-6-7-15(5)9-16/h6-14,21,26H,1-5H3/b25-12+. The van der Waals surface area contributed by atoms with Crippen LogP contribution in [-0.4, -0.2) is 29.5 Å². The number of rotatable bonds is 7. The van der Waals surface area contributed by atoms with Crippen molar-refractivity contribution in [3.63, 3.8) is 0 Å². The smallest absolute Gasteiger partial charge is 0.343 e. The molecule has 1 atom stereocenters. The number of carbonyl (C=O) groups excluding carboxylic acids is 2. The van der Waals surface area contributed by atoms with Crippen molar-refractivity contribution in [3.05, 3.63) is 57.6 Å². The molecule has 0 fully saturated rings. The number of aliphatic imine (C=N–C) groups is 1. The van der Waals surface area contributed by atoms with Gasteiger partial charge in [0.15, 0.2) is 11.5 Å². The Bertz CT molecular complexity index is 953. The summed E-state index contributed by atoms with van der Waals surface area (Å²) < 4.78 is 11.7. The van der Waals surface area contributed by atoms with Gasteiger partial charge < -0.3 is 14.6 Å². The maximum Gasteiger partial charge on any atom is 0.343 e. The van der Waals surface area contributed by atoms with E-state index in [1.54, 1.807) is 44.2 Å². The second-order valence-corrected chi connectivity index (χ2v) is 8.51. The third kappa shape index (κ3) is 6.50. The van der Waals surface area contributed by atoms with E-state index in [0.717, 1.165) is 5.56 Å². The molecule has 1 unspecified atom stereocenters. The van der Waals surface area contributed by atoms with E-state index in [2.05, 4.69) is 20.9 Å². The Morgan fingerprint density at radius 3 is 2.40 bits per heavy atom. The quantitative estimate of drug-likeness (QED) is 0.348. The Labute approximate surface area is 185 Å². The van der Waals surface area contributed by atoms with Crippen LogP contribution in [0.15, 0.2) is 45.9 Å². The summed E-state index contributed by atoms with van der Waals surface area (Å²) in [6, 6.07) is 10.2. The van der Waals surface area contributed by atoms with Crippen LogP contribution in [0.5, 0.6) is 11.5 Å². The van der Waals surface area contributed by atoms with Crippen molar-refractivity contribution in [2.45, 2.75) is 40.8 Å². The van der Waals surface area contributed by atoms with Gasteiger partial charge in [0, 0.05) is 16.3 Å². The highest BCUT2D eigenvalue weighted by Crippen LogP contribution is 2.35. The molecule has 0 radical (unpaired) electrons. The summed E-state index contributed by atoms with van der Waals surface area (Å²) >= 11 is 3.38. The number of aryl methyl sites for hydroxylation is 1. The zero-order chi connectivity index (χ0) is 22.4. The van der Waals surface area contributed by atoms with E-state index in [0.29, 0.717) is 15.6 Å². The fraction of sp³-hybridized carbons (Fsp3) is 0.348. The maximum atomic E-state index is 12.7. The van der Waals surface area contributed by atoms with Gasteiger partial charge >= 0.3 is 11.9 Å². The van der Waals surface area contributed by atoms with Crippen molar-refractivity contribution in [1.29, 1.82) is 0 Å². The third-order valence-corrected chi connectivity index (χ3v) is 4.60. The first-order valence-electron chi connectivity index (χ1n) is 9.63. The number of aliphatic hydroxyl groups excluding tert-OH is 1. The SMILES string of the molecule is Cc1cccc(C(=O)Oc2cc(Br)cc(/C=N/C(O)C(C)C)c2OC(=O)C(C)C)c1. The molecule has 2 aromatic rings. The fourth-order valence-electron chi connectivity index (χ4n) is 2.35. The van der Waals surface area contributed by atoms with Crippen molar-refractivity contribution in [2.24, 2.45) is 16.8 Å². The van der Waals surface area contributed by atoms with E-state index < -0.39 is 18.2 Å². The number of ether oxygens (including phenoxy) is 2. The molecule has 0 saturated carbocycles. The molecule has 0 amide bonds. The molecule has 160 valence electrons. The van der Waals surface area contributed by atoms with Gasteiger partial charge in [0.1, 0.15) is 6.23 Å². The highest BCUT2D eigenvalue weighted by Gasteiger charge is 2.21. The summed E-state index contributed by atoms with van der Waals surface area (Å²) in [6.45, 7) is 8.95. The molecule has 0 heterocycles. The molecule has 0 aliphatic heterocycles. The molecule has 2 aromatic carbocycles. The normalized spacial score (nSPS) is 12.4. The fourth-order valence-corrected chi connectivity index (χ4v) is 2.80. The van der Waals surface area contributed by atoms with Gasteiger partial charge in [0.25, 0.3) is 0 Å². The maximum absolute atomic E-state index is 12.7. The minimum absolute atomic E-state index is 0.0672. The zero-order valence-corrected chi connectivity index (χ0v) is 19.3. The molecule has 0 aromatic heterocycles. The lowest BCUT2D eigenvalue weighted by Crippen LogP contribution is -2.18. The lowest BCUT2D eigenvalue weighted by Gasteiger charge is -2.15. The summed E-state index contributed by atoms with van der Waals surface area (Å²) in [5, 5.41) is 10.0. The van der Waals surface area contributed by atoms with Crippen LogP contribution in [-0.2, 0) is 4.79 Å². The van der Waals surface area contributed by atoms with Crippen LogP contribution in [0.1, 0.15) is 49.2 Å². The van der Waals surface area contributed by atoms with E-state index in [-0.39, 0.29) is 23.3 Å². The van der Waals surface area contributed by atoms with Crippen molar-refractivity contribution in [2.75, 3.05) is 0 Å². The molecule has 0 aliphatic carbocycles. The van der Waals surface area contributed by atoms with Gasteiger partial charge in [-0.15, -0.1) is 0 Å². The predicted octanol–water partition coefficient (Wildman–Crippen LogP) is 4.93. The summed E-state index contributed by atoms with van der Waals surface area (Å²) in [6.07, 6.45) is 0.485. The van der Waals surface area contributed by atoms with Crippen molar-refractivity contribution in [3.8, 4) is 11.5 Å². The van der Waals surface area contributed by atoms with Crippen LogP contribution >= 0.6 is 15.9 Å². The summed E-state index contributed by atoms with van der Waals surface area (Å²) in [5.74, 6) is -1.40. The van der Waals surface area contributed by atoms with Crippen LogP contribution < -0.4 is 9.47 Å². The first-order valence-corrected chi connectivity index (χ1v) is 10.4. The van der Waals surface area contributed by atoms with Crippen LogP contribution in [0.3, 0.4) is 0 Å². The lowest BCUT2D eigenvalue weighted by atomic mass is 10.1.